The summed E-state index contributed by atoms with van der Waals surface area (Å²) in [5.74, 6) is 1.59. The largest absolute Gasteiger partial charge is 0.492 e. The van der Waals surface area contributed by atoms with E-state index in [0.717, 1.165) is 31.7 Å². The summed E-state index contributed by atoms with van der Waals surface area (Å²) in [6, 6.07) is 8.72. The van der Waals surface area contributed by atoms with Crippen molar-refractivity contribution in [1.29, 1.82) is 0 Å². The van der Waals surface area contributed by atoms with Crippen LogP contribution in [0.25, 0.3) is 0 Å². The Balaban J connectivity index is 1.48. The van der Waals surface area contributed by atoms with Crippen molar-refractivity contribution in [2.24, 2.45) is 5.92 Å². The number of aromatic nitrogens is 1. The molecule has 0 bridgehead atoms. The fourth-order valence-electron chi connectivity index (χ4n) is 3.29. The zero-order valence-corrected chi connectivity index (χ0v) is 17.6. The summed E-state index contributed by atoms with van der Waals surface area (Å²) in [7, 11) is 0. The highest BCUT2D eigenvalue weighted by Crippen LogP contribution is 2.29. The smallest absolute Gasteiger partial charge is 0.224 e. The van der Waals surface area contributed by atoms with E-state index in [2.05, 4.69) is 15.2 Å². The zero-order chi connectivity index (χ0) is 20.6. The minimum atomic E-state index is -0.0877. The van der Waals surface area contributed by atoms with Gasteiger partial charge in [-0.1, -0.05) is 23.2 Å². The van der Waals surface area contributed by atoms with Crippen LogP contribution in [-0.2, 0) is 4.79 Å². The molecule has 6 nitrogen and oxygen atoms in total. The number of ether oxygens (including phenoxy) is 1. The summed E-state index contributed by atoms with van der Waals surface area (Å²) >= 11 is 11.9. The Bertz CT molecular complexity index is 827. The summed E-state index contributed by atoms with van der Waals surface area (Å²) in [6.45, 7) is 2.24. The van der Waals surface area contributed by atoms with Crippen LogP contribution < -0.4 is 15.0 Å². The third kappa shape index (κ3) is 6.23. The number of benzene rings is 1. The van der Waals surface area contributed by atoms with E-state index in [1.54, 1.807) is 24.4 Å². The number of amides is 1. The molecule has 156 valence electrons. The van der Waals surface area contributed by atoms with Gasteiger partial charge < -0.3 is 20.1 Å². The highest BCUT2D eigenvalue weighted by molar-refractivity contribution is 6.35. The van der Waals surface area contributed by atoms with Crippen LogP contribution in [0.5, 0.6) is 5.75 Å². The first-order chi connectivity index (χ1) is 14.1. The summed E-state index contributed by atoms with van der Waals surface area (Å²) in [5, 5.41) is 13.3. The number of piperidine rings is 1. The zero-order valence-electron chi connectivity index (χ0n) is 16.1. The highest BCUT2D eigenvalue weighted by Gasteiger charge is 2.21. The molecule has 1 aliphatic heterocycles. The van der Waals surface area contributed by atoms with E-state index in [4.69, 9.17) is 27.9 Å². The van der Waals surface area contributed by atoms with Crippen molar-refractivity contribution in [3.63, 3.8) is 0 Å². The molecule has 2 heterocycles. The SMILES string of the molecule is O=C(CCCOc1ccc(Cl)cc1Cl)Nc1cccnc1N1CCC(CO)CC1. The van der Waals surface area contributed by atoms with Gasteiger partial charge in [-0.2, -0.15) is 0 Å². The molecule has 3 rings (SSSR count). The Morgan fingerprint density at radius 3 is 2.79 bits per heavy atom. The standard InChI is InChI=1S/C21H25Cl2N3O3/c22-16-5-6-19(17(23)13-16)29-12-2-4-20(28)25-18-3-1-9-24-21(18)26-10-7-15(14-27)8-11-26/h1,3,5-6,9,13,15,27H,2,4,7-8,10-12,14H2,(H,25,28). The Labute approximate surface area is 180 Å². The molecule has 8 heteroatoms. The van der Waals surface area contributed by atoms with Crippen LogP contribution in [0.15, 0.2) is 36.5 Å². The van der Waals surface area contributed by atoms with E-state index in [0.29, 0.717) is 46.8 Å². The molecule has 0 aliphatic carbocycles. The molecule has 29 heavy (non-hydrogen) atoms. The van der Waals surface area contributed by atoms with Crippen molar-refractivity contribution < 1.29 is 14.6 Å². The van der Waals surface area contributed by atoms with Crippen LogP contribution in [0.4, 0.5) is 11.5 Å². The Hall–Kier alpha value is -2.02. The number of aliphatic hydroxyl groups excluding tert-OH is 1. The first-order valence-electron chi connectivity index (χ1n) is 9.75. The molecule has 0 unspecified atom stereocenters. The average Bonchev–Trinajstić information content (AvgIpc) is 2.73. The van der Waals surface area contributed by atoms with E-state index in [-0.39, 0.29) is 12.5 Å². The topological polar surface area (TPSA) is 74.7 Å². The fourth-order valence-corrected chi connectivity index (χ4v) is 3.76. The van der Waals surface area contributed by atoms with Gasteiger partial charge in [0, 0.05) is 37.3 Å². The average molecular weight is 438 g/mol. The van der Waals surface area contributed by atoms with Crippen molar-refractivity contribution in [2.75, 3.05) is 36.5 Å². The lowest BCUT2D eigenvalue weighted by atomic mass is 9.98. The second kappa shape index (κ2) is 10.7. The number of hydrogen-bond donors (Lipinski definition) is 2. The van der Waals surface area contributed by atoms with Gasteiger partial charge in [0.25, 0.3) is 0 Å². The number of carbonyl (C=O) groups is 1. The summed E-state index contributed by atoms with van der Waals surface area (Å²) in [5.41, 5.74) is 0.710. The molecule has 1 aromatic heterocycles. The molecule has 2 aromatic rings. The van der Waals surface area contributed by atoms with Crippen molar-refractivity contribution >= 4 is 40.6 Å². The molecule has 2 N–H and O–H groups in total. The molecule has 0 atom stereocenters. The number of halogens is 2. The van der Waals surface area contributed by atoms with Crippen LogP contribution >= 0.6 is 23.2 Å². The first kappa shape index (κ1) is 21.7. The molecule has 0 spiro atoms. The summed E-state index contributed by atoms with van der Waals surface area (Å²) in [4.78, 5) is 19.0. The molecule has 1 fully saturated rings. The van der Waals surface area contributed by atoms with Gasteiger partial charge in [-0.3, -0.25) is 4.79 Å². The van der Waals surface area contributed by atoms with Gasteiger partial charge in [0.2, 0.25) is 5.91 Å². The number of carbonyl (C=O) groups excluding carboxylic acids is 1. The third-order valence-corrected chi connectivity index (χ3v) is 5.46. The molecule has 1 amide bonds. The summed E-state index contributed by atoms with van der Waals surface area (Å²) < 4.78 is 5.62. The molecule has 1 saturated heterocycles. The number of anilines is 2. The monoisotopic (exact) mass is 437 g/mol. The van der Waals surface area contributed by atoms with Gasteiger partial charge in [-0.15, -0.1) is 0 Å². The van der Waals surface area contributed by atoms with Crippen molar-refractivity contribution in [3.8, 4) is 5.75 Å². The second-order valence-electron chi connectivity index (χ2n) is 7.06. The van der Waals surface area contributed by atoms with Crippen LogP contribution in [0.1, 0.15) is 25.7 Å². The lowest BCUT2D eigenvalue weighted by Gasteiger charge is -2.33. The lowest BCUT2D eigenvalue weighted by Crippen LogP contribution is -2.35. The predicted molar refractivity (Wildman–Crippen MR) is 116 cm³/mol. The van der Waals surface area contributed by atoms with Crippen LogP contribution in [0.2, 0.25) is 10.0 Å². The maximum Gasteiger partial charge on any atom is 0.224 e. The van der Waals surface area contributed by atoms with Gasteiger partial charge in [-0.05, 0) is 55.5 Å². The number of hydrogen-bond acceptors (Lipinski definition) is 5. The maximum absolute atomic E-state index is 12.4. The van der Waals surface area contributed by atoms with E-state index in [1.165, 1.54) is 0 Å². The van der Waals surface area contributed by atoms with E-state index in [9.17, 15) is 9.90 Å². The number of nitrogens with one attached hydrogen (secondary N) is 1. The minimum Gasteiger partial charge on any atom is -0.492 e. The van der Waals surface area contributed by atoms with Gasteiger partial charge in [0.15, 0.2) is 5.82 Å². The van der Waals surface area contributed by atoms with Gasteiger partial charge in [-0.25, -0.2) is 4.98 Å². The van der Waals surface area contributed by atoms with E-state index < -0.39 is 0 Å². The van der Waals surface area contributed by atoms with Gasteiger partial charge >= 0.3 is 0 Å². The lowest BCUT2D eigenvalue weighted by molar-refractivity contribution is -0.116. The molecular formula is C21H25Cl2N3O3. The summed E-state index contributed by atoms with van der Waals surface area (Å²) in [6.07, 6.45) is 4.46. The number of pyridine rings is 1. The van der Waals surface area contributed by atoms with Crippen LogP contribution in [-0.4, -0.2) is 42.3 Å². The number of nitrogens with zero attached hydrogens (tertiary/aromatic N) is 2. The quantitative estimate of drug-likeness (QED) is 0.598. The predicted octanol–water partition coefficient (Wildman–Crippen LogP) is 4.39. The normalized spacial score (nSPS) is 14.7. The van der Waals surface area contributed by atoms with Crippen molar-refractivity contribution in [1.82, 2.24) is 4.98 Å². The first-order valence-corrected chi connectivity index (χ1v) is 10.5. The minimum absolute atomic E-state index is 0.0877. The van der Waals surface area contributed by atoms with E-state index in [1.807, 2.05) is 12.1 Å². The fraction of sp³-hybridized carbons (Fsp3) is 0.429. The highest BCUT2D eigenvalue weighted by atomic mass is 35.5. The molecule has 1 aliphatic rings. The number of aliphatic hydroxyl groups is 1. The Morgan fingerprint density at radius 1 is 1.28 bits per heavy atom. The van der Waals surface area contributed by atoms with Crippen LogP contribution in [0, 0.1) is 5.92 Å². The third-order valence-electron chi connectivity index (χ3n) is 4.93. The van der Waals surface area contributed by atoms with Crippen molar-refractivity contribution in [3.05, 3.63) is 46.6 Å². The van der Waals surface area contributed by atoms with Crippen LogP contribution in [0.3, 0.4) is 0 Å². The van der Waals surface area contributed by atoms with Gasteiger partial charge in [0.1, 0.15) is 5.75 Å². The van der Waals surface area contributed by atoms with E-state index >= 15 is 0 Å². The molecule has 1 aromatic carbocycles. The number of rotatable bonds is 8. The Kier molecular flexibility index (Phi) is 7.98. The molecule has 0 saturated carbocycles. The Morgan fingerprint density at radius 2 is 2.07 bits per heavy atom. The van der Waals surface area contributed by atoms with Gasteiger partial charge in [0.05, 0.1) is 17.3 Å². The maximum atomic E-state index is 12.4. The van der Waals surface area contributed by atoms with Crippen molar-refractivity contribution in [2.45, 2.75) is 25.7 Å². The molecular weight excluding hydrogens is 413 g/mol. The molecule has 0 radical (unpaired) electrons. The second-order valence-corrected chi connectivity index (χ2v) is 7.91.